The fourth-order valence-electron chi connectivity index (χ4n) is 3.76. The smallest absolute Gasteiger partial charge is 0.227 e. The molecule has 1 aliphatic carbocycles. The minimum Gasteiger partial charge on any atom is -0.354 e. The van der Waals surface area contributed by atoms with Crippen molar-refractivity contribution in [2.45, 2.75) is 29.8 Å². The number of nitrogens with zero attached hydrogens (tertiary/aromatic N) is 5. The third kappa shape index (κ3) is 5.72. The zero-order valence-electron chi connectivity index (χ0n) is 19.0. The zero-order chi connectivity index (χ0) is 22.8. The predicted octanol–water partition coefficient (Wildman–Crippen LogP) is 3.50. The van der Waals surface area contributed by atoms with Crippen molar-refractivity contribution in [3.8, 4) is 0 Å². The molecule has 8 nitrogen and oxygen atoms in total. The van der Waals surface area contributed by atoms with E-state index in [1.54, 1.807) is 0 Å². The number of aliphatic imine (C=N–C) groups is 1. The van der Waals surface area contributed by atoms with Gasteiger partial charge in [0.05, 0.1) is 6.54 Å². The van der Waals surface area contributed by atoms with Gasteiger partial charge in [-0.3, -0.25) is 9.79 Å². The lowest BCUT2D eigenvalue weighted by Crippen LogP contribution is -2.44. The summed E-state index contributed by atoms with van der Waals surface area (Å²) in [6.45, 7) is 6.70. The molecule has 172 valence electrons. The van der Waals surface area contributed by atoms with Crippen molar-refractivity contribution in [2.75, 3.05) is 55.3 Å². The number of rotatable bonds is 6. The Labute approximate surface area is 198 Å². The summed E-state index contributed by atoms with van der Waals surface area (Å²) in [4.78, 5) is 31.8. The molecule has 1 amide bonds. The first kappa shape index (κ1) is 21.9. The van der Waals surface area contributed by atoms with Gasteiger partial charge in [0.1, 0.15) is 17.5 Å². The Morgan fingerprint density at radius 2 is 1.85 bits per heavy atom. The molecule has 2 N–H and O–H groups in total. The number of aromatic nitrogens is 2. The summed E-state index contributed by atoms with van der Waals surface area (Å²) in [5.41, 5.74) is 2.06. The average Bonchev–Trinajstić information content (AvgIpc) is 3.58. The number of amides is 1. The van der Waals surface area contributed by atoms with Crippen molar-refractivity contribution < 1.29 is 4.79 Å². The first-order valence-corrected chi connectivity index (χ1v) is 12.2. The van der Waals surface area contributed by atoms with E-state index in [4.69, 9.17) is 9.97 Å². The molecule has 0 unspecified atom stereocenters. The van der Waals surface area contributed by atoms with E-state index in [0.29, 0.717) is 5.16 Å². The number of benzene rings is 1. The standard InChI is InChI=1S/C24H29N7OS/c1-16-13-20(25-15-16)27-21-14-22(31-11-9-30(2)10-12-31)29-24(28-21)33-19-7-5-18(6-8-19)26-23(32)17-3-4-17/h5-8,13-14,17H,3-4,9-12,15H2,1-2H3,(H,26,32)(H,25,27,28,29). The molecule has 3 aliphatic rings. The topological polar surface area (TPSA) is 85.8 Å². The number of carbonyl (C=O) groups is 1. The molecule has 3 heterocycles. The number of hydrogen-bond donors (Lipinski definition) is 2. The van der Waals surface area contributed by atoms with Gasteiger partial charge in [-0.05, 0) is 74.5 Å². The number of likely N-dealkylation sites (N-methyl/N-ethyl adjacent to an activating group) is 1. The molecule has 33 heavy (non-hydrogen) atoms. The molecule has 1 aromatic heterocycles. The largest absolute Gasteiger partial charge is 0.354 e. The van der Waals surface area contributed by atoms with Gasteiger partial charge in [0, 0.05) is 48.7 Å². The zero-order valence-corrected chi connectivity index (χ0v) is 19.9. The summed E-state index contributed by atoms with van der Waals surface area (Å²) >= 11 is 1.52. The minimum atomic E-state index is 0.119. The molecule has 1 saturated heterocycles. The number of carbonyl (C=O) groups excluding carboxylic acids is 1. The normalized spacial score (nSPS) is 18.7. The van der Waals surface area contributed by atoms with Gasteiger partial charge in [-0.15, -0.1) is 0 Å². The number of nitrogens with one attached hydrogen (secondary N) is 2. The number of amidine groups is 1. The molecule has 0 atom stereocenters. The van der Waals surface area contributed by atoms with E-state index in [9.17, 15) is 4.79 Å². The van der Waals surface area contributed by atoms with E-state index < -0.39 is 0 Å². The van der Waals surface area contributed by atoms with Gasteiger partial charge in [-0.25, -0.2) is 9.97 Å². The van der Waals surface area contributed by atoms with Gasteiger partial charge in [0.15, 0.2) is 5.16 Å². The lowest BCUT2D eigenvalue weighted by molar-refractivity contribution is -0.117. The first-order valence-electron chi connectivity index (χ1n) is 11.4. The summed E-state index contributed by atoms with van der Waals surface area (Å²) in [5.74, 6) is 2.82. The van der Waals surface area contributed by atoms with Gasteiger partial charge in [0.2, 0.25) is 5.91 Å². The van der Waals surface area contributed by atoms with Crippen LogP contribution in [0.2, 0.25) is 0 Å². The lowest BCUT2D eigenvalue weighted by Gasteiger charge is -2.33. The molecule has 0 spiro atoms. The van der Waals surface area contributed by atoms with E-state index in [1.165, 1.54) is 17.3 Å². The first-order chi connectivity index (χ1) is 16.0. The predicted molar refractivity (Wildman–Crippen MR) is 133 cm³/mol. The molecule has 5 rings (SSSR count). The SMILES string of the molecule is CC1=CC(Nc2cc(N3CCN(C)CC3)nc(Sc3ccc(NC(=O)C4CC4)cc3)n2)=NC1. The van der Waals surface area contributed by atoms with Crippen LogP contribution in [0, 0.1) is 5.92 Å². The van der Waals surface area contributed by atoms with Crippen LogP contribution >= 0.6 is 11.8 Å². The number of piperazine rings is 1. The maximum atomic E-state index is 12.0. The van der Waals surface area contributed by atoms with E-state index in [0.717, 1.165) is 73.6 Å². The van der Waals surface area contributed by atoms with E-state index in [1.807, 2.05) is 30.3 Å². The highest BCUT2D eigenvalue weighted by molar-refractivity contribution is 7.99. The van der Waals surface area contributed by atoms with E-state index in [2.05, 4.69) is 45.5 Å². The fraction of sp³-hybridized carbons (Fsp3) is 0.417. The van der Waals surface area contributed by atoms with Crippen LogP contribution in [-0.2, 0) is 4.79 Å². The Morgan fingerprint density at radius 3 is 2.52 bits per heavy atom. The summed E-state index contributed by atoms with van der Waals surface area (Å²) in [5, 5.41) is 7.03. The van der Waals surface area contributed by atoms with Crippen molar-refractivity contribution in [3.05, 3.63) is 42.0 Å². The van der Waals surface area contributed by atoms with Crippen molar-refractivity contribution in [2.24, 2.45) is 10.9 Å². The molecule has 1 aromatic carbocycles. The summed E-state index contributed by atoms with van der Waals surface area (Å²) in [6.07, 6.45) is 4.05. The van der Waals surface area contributed by atoms with Crippen LogP contribution in [0.15, 0.2) is 57.0 Å². The maximum Gasteiger partial charge on any atom is 0.227 e. The molecule has 2 aromatic rings. The second-order valence-electron chi connectivity index (χ2n) is 8.89. The van der Waals surface area contributed by atoms with Gasteiger partial charge in [0.25, 0.3) is 0 Å². The quantitative estimate of drug-likeness (QED) is 0.634. The van der Waals surface area contributed by atoms with Gasteiger partial charge in [-0.2, -0.15) is 0 Å². The number of hydrogen-bond acceptors (Lipinski definition) is 8. The van der Waals surface area contributed by atoms with E-state index >= 15 is 0 Å². The minimum absolute atomic E-state index is 0.119. The van der Waals surface area contributed by atoms with Crippen molar-refractivity contribution in [3.63, 3.8) is 0 Å². The monoisotopic (exact) mass is 463 g/mol. The maximum absolute atomic E-state index is 12.0. The van der Waals surface area contributed by atoms with Crippen LogP contribution in [0.5, 0.6) is 0 Å². The van der Waals surface area contributed by atoms with Crippen LogP contribution in [0.3, 0.4) is 0 Å². The van der Waals surface area contributed by atoms with Crippen molar-refractivity contribution >= 4 is 40.8 Å². The highest BCUT2D eigenvalue weighted by atomic mass is 32.2. The molecule has 2 fully saturated rings. The highest BCUT2D eigenvalue weighted by Crippen LogP contribution is 2.32. The third-order valence-corrected chi connectivity index (χ3v) is 6.81. The average molecular weight is 464 g/mol. The van der Waals surface area contributed by atoms with Crippen LogP contribution in [-0.4, -0.2) is 66.4 Å². The van der Waals surface area contributed by atoms with Gasteiger partial charge >= 0.3 is 0 Å². The van der Waals surface area contributed by atoms with Gasteiger partial charge in [-0.1, -0.05) is 0 Å². The Hall–Kier alpha value is -2.91. The molecule has 1 saturated carbocycles. The number of anilines is 3. The molecule has 0 bridgehead atoms. The highest BCUT2D eigenvalue weighted by Gasteiger charge is 2.29. The van der Waals surface area contributed by atoms with Crippen LogP contribution in [0.4, 0.5) is 17.3 Å². The summed E-state index contributed by atoms with van der Waals surface area (Å²) < 4.78 is 0. The van der Waals surface area contributed by atoms with Crippen LogP contribution < -0.4 is 15.5 Å². The van der Waals surface area contributed by atoms with Crippen molar-refractivity contribution in [1.82, 2.24) is 14.9 Å². The van der Waals surface area contributed by atoms with Crippen LogP contribution in [0.25, 0.3) is 0 Å². The second-order valence-corrected chi connectivity index (χ2v) is 9.93. The van der Waals surface area contributed by atoms with E-state index in [-0.39, 0.29) is 11.8 Å². The molecule has 2 aliphatic heterocycles. The molecule has 0 radical (unpaired) electrons. The Bertz CT molecular complexity index is 1090. The third-order valence-electron chi connectivity index (χ3n) is 5.94. The lowest BCUT2D eigenvalue weighted by atomic mass is 10.3. The van der Waals surface area contributed by atoms with Crippen LogP contribution in [0.1, 0.15) is 19.8 Å². The second kappa shape index (κ2) is 9.52. The summed E-state index contributed by atoms with van der Waals surface area (Å²) in [6, 6.07) is 9.88. The van der Waals surface area contributed by atoms with Crippen molar-refractivity contribution in [1.29, 1.82) is 0 Å². The van der Waals surface area contributed by atoms with Gasteiger partial charge < -0.3 is 20.4 Å². The molecular formula is C24H29N7OS. The Balaban J connectivity index is 1.34. The summed E-state index contributed by atoms with van der Waals surface area (Å²) in [7, 11) is 2.15. The fourth-order valence-corrected chi connectivity index (χ4v) is 4.53. The Kier molecular flexibility index (Phi) is 6.32. The molecule has 9 heteroatoms. The Morgan fingerprint density at radius 1 is 1.09 bits per heavy atom. The molecular weight excluding hydrogens is 434 g/mol.